The third kappa shape index (κ3) is 4.25. The number of rotatable bonds is 4. The normalized spacial score (nSPS) is 18.9. The third-order valence-corrected chi connectivity index (χ3v) is 5.58. The fourth-order valence-electron chi connectivity index (χ4n) is 3.97. The molecule has 1 aliphatic rings. The molecule has 156 valence electrons. The van der Waals surface area contributed by atoms with E-state index >= 15 is 0 Å². The van der Waals surface area contributed by atoms with Crippen LogP contribution in [-0.2, 0) is 0 Å². The molecule has 2 aromatic carbocycles. The van der Waals surface area contributed by atoms with Crippen LogP contribution < -0.4 is 10.6 Å². The lowest BCUT2D eigenvalue weighted by Crippen LogP contribution is -2.40. The zero-order valence-corrected chi connectivity index (χ0v) is 16.5. The van der Waals surface area contributed by atoms with Crippen LogP contribution in [0.2, 0.25) is 0 Å². The number of para-hydroxylation sites is 1. The van der Waals surface area contributed by atoms with Crippen molar-refractivity contribution < 1.29 is 18.0 Å². The minimum atomic E-state index is -1.57. The van der Waals surface area contributed by atoms with Gasteiger partial charge in [-0.2, -0.15) is 0 Å². The van der Waals surface area contributed by atoms with E-state index in [9.17, 15) is 18.0 Å². The summed E-state index contributed by atoms with van der Waals surface area (Å²) in [5.74, 6) is -4.08. The van der Waals surface area contributed by atoms with Crippen LogP contribution in [0.5, 0.6) is 0 Å². The summed E-state index contributed by atoms with van der Waals surface area (Å²) in [6.07, 6.45) is 3.10. The first kappa shape index (κ1) is 20.2. The maximum absolute atomic E-state index is 13.4. The number of pyridine rings is 1. The Morgan fingerprint density at radius 2 is 1.60 bits per heavy atom. The first-order valence-electron chi connectivity index (χ1n) is 9.99. The maximum Gasteiger partial charge on any atom is 0.251 e. The number of halogens is 3. The van der Waals surface area contributed by atoms with Gasteiger partial charge in [0.15, 0.2) is 17.5 Å². The van der Waals surface area contributed by atoms with Crippen molar-refractivity contribution in [2.24, 2.45) is 0 Å². The van der Waals surface area contributed by atoms with Gasteiger partial charge in [-0.15, -0.1) is 0 Å². The number of amides is 1. The van der Waals surface area contributed by atoms with Crippen LogP contribution in [0.3, 0.4) is 0 Å². The van der Waals surface area contributed by atoms with Crippen molar-refractivity contribution in [1.29, 1.82) is 0 Å². The first-order valence-corrected chi connectivity index (χ1v) is 9.99. The fourth-order valence-corrected chi connectivity index (χ4v) is 3.97. The molecule has 30 heavy (non-hydrogen) atoms. The molecule has 0 aliphatic heterocycles. The summed E-state index contributed by atoms with van der Waals surface area (Å²) in [7, 11) is 0. The van der Waals surface area contributed by atoms with Crippen molar-refractivity contribution in [3.63, 3.8) is 0 Å². The van der Waals surface area contributed by atoms with Crippen LogP contribution in [0.25, 0.3) is 10.9 Å². The Morgan fingerprint density at radius 1 is 0.967 bits per heavy atom. The molecule has 1 heterocycles. The van der Waals surface area contributed by atoms with E-state index in [-0.39, 0.29) is 17.6 Å². The van der Waals surface area contributed by atoms with E-state index in [0.29, 0.717) is 12.1 Å². The number of hydrogen-bond donors (Lipinski definition) is 2. The van der Waals surface area contributed by atoms with Crippen molar-refractivity contribution >= 4 is 22.6 Å². The van der Waals surface area contributed by atoms with Crippen LogP contribution >= 0.6 is 0 Å². The largest absolute Gasteiger partial charge is 0.367 e. The second-order valence-electron chi connectivity index (χ2n) is 7.76. The number of nitrogens with zero attached hydrogens (tertiary/aromatic N) is 1. The molecular formula is C23H22F3N3O. The van der Waals surface area contributed by atoms with Gasteiger partial charge in [-0.05, 0) is 62.4 Å². The zero-order valence-electron chi connectivity index (χ0n) is 16.5. The Labute approximate surface area is 172 Å². The summed E-state index contributed by atoms with van der Waals surface area (Å²) in [4.78, 5) is 16.9. The summed E-state index contributed by atoms with van der Waals surface area (Å²) in [6, 6.07) is 11.6. The van der Waals surface area contributed by atoms with Gasteiger partial charge in [0.2, 0.25) is 0 Å². The molecule has 4 rings (SSSR count). The summed E-state index contributed by atoms with van der Waals surface area (Å²) < 4.78 is 39.8. The Morgan fingerprint density at radius 3 is 2.30 bits per heavy atom. The number of fused-ring (bicyclic) bond motifs is 1. The van der Waals surface area contributed by atoms with Gasteiger partial charge in [0.1, 0.15) is 5.82 Å². The van der Waals surface area contributed by atoms with Gasteiger partial charge in [-0.3, -0.25) is 4.79 Å². The zero-order chi connectivity index (χ0) is 21.3. The summed E-state index contributed by atoms with van der Waals surface area (Å²) in [5.41, 5.74) is 1.88. The third-order valence-electron chi connectivity index (χ3n) is 5.58. The van der Waals surface area contributed by atoms with Gasteiger partial charge >= 0.3 is 0 Å². The highest BCUT2D eigenvalue weighted by Crippen LogP contribution is 2.25. The van der Waals surface area contributed by atoms with Gasteiger partial charge < -0.3 is 10.6 Å². The number of anilines is 1. The number of benzene rings is 2. The molecule has 0 bridgehead atoms. The van der Waals surface area contributed by atoms with E-state index in [1.807, 2.05) is 30.3 Å². The molecule has 7 heteroatoms. The molecule has 4 nitrogen and oxygen atoms in total. The van der Waals surface area contributed by atoms with Crippen LogP contribution in [0, 0.1) is 24.4 Å². The lowest BCUT2D eigenvalue weighted by Gasteiger charge is -2.30. The molecule has 1 saturated carbocycles. The Bertz CT molecular complexity index is 1070. The molecule has 2 N–H and O–H groups in total. The van der Waals surface area contributed by atoms with Crippen molar-refractivity contribution in [3.05, 3.63) is 71.0 Å². The molecule has 0 atom stereocenters. The molecule has 0 unspecified atom stereocenters. The molecule has 1 fully saturated rings. The standard InChI is InChI=1S/C23H22F3N3O/c1-13-10-21(29-20-5-3-2-4-17(13)20)27-15-6-8-16(9-7-15)28-23(30)14-11-18(24)22(26)19(25)12-14/h2-5,10-12,15-16H,6-9H2,1H3,(H,27,29)(H,28,30)/t15-,16+. The first-order chi connectivity index (χ1) is 14.4. The number of aromatic nitrogens is 1. The molecule has 1 amide bonds. The average Bonchev–Trinajstić information content (AvgIpc) is 2.73. The Hall–Kier alpha value is -3.09. The summed E-state index contributed by atoms with van der Waals surface area (Å²) >= 11 is 0. The van der Waals surface area contributed by atoms with Gasteiger partial charge in [0, 0.05) is 23.0 Å². The Balaban J connectivity index is 1.35. The van der Waals surface area contributed by atoms with E-state index in [1.165, 1.54) is 0 Å². The maximum atomic E-state index is 13.4. The highest BCUT2D eigenvalue weighted by molar-refractivity contribution is 5.94. The molecule has 1 aliphatic carbocycles. The summed E-state index contributed by atoms with van der Waals surface area (Å²) in [6.45, 7) is 2.06. The highest BCUT2D eigenvalue weighted by atomic mass is 19.2. The van der Waals surface area contributed by atoms with E-state index in [4.69, 9.17) is 0 Å². The van der Waals surface area contributed by atoms with Gasteiger partial charge in [-0.1, -0.05) is 18.2 Å². The minimum Gasteiger partial charge on any atom is -0.367 e. The SMILES string of the molecule is Cc1cc(N[C@H]2CC[C@@H](NC(=O)c3cc(F)c(F)c(F)c3)CC2)nc2ccccc12. The molecular weight excluding hydrogens is 391 g/mol. The number of hydrogen-bond acceptors (Lipinski definition) is 3. The van der Waals surface area contributed by atoms with Crippen molar-refractivity contribution in [3.8, 4) is 0 Å². The predicted octanol–water partition coefficient (Wildman–Crippen LogP) is 5.11. The molecule has 0 spiro atoms. The van der Waals surface area contributed by atoms with Gasteiger partial charge in [0.05, 0.1) is 5.52 Å². The van der Waals surface area contributed by atoms with Gasteiger partial charge in [0.25, 0.3) is 5.91 Å². The van der Waals surface area contributed by atoms with E-state index in [0.717, 1.165) is 48.0 Å². The number of carbonyl (C=O) groups excluding carboxylic acids is 1. The topological polar surface area (TPSA) is 54.0 Å². The smallest absolute Gasteiger partial charge is 0.251 e. The molecule has 0 saturated heterocycles. The number of nitrogens with one attached hydrogen (secondary N) is 2. The van der Waals surface area contributed by atoms with Crippen molar-refractivity contribution in [2.45, 2.75) is 44.7 Å². The summed E-state index contributed by atoms with van der Waals surface area (Å²) in [5, 5.41) is 7.39. The molecule has 3 aromatic rings. The van der Waals surface area contributed by atoms with Crippen LogP contribution in [0.4, 0.5) is 19.0 Å². The monoisotopic (exact) mass is 413 g/mol. The Kier molecular flexibility index (Phi) is 5.61. The van der Waals surface area contributed by atoms with E-state index < -0.39 is 23.4 Å². The number of aryl methyl sites for hydroxylation is 1. The fraction of sp³-hybridized carbons (Fsp3) is 0.304. The molecule has 1 aromatic heterocycles. The second-order valence-corrected chi connectivity index (χ2v) is 7.76. The van der Waals surface area contributed by atoms with Crippen molar-refractivity contribution in [1.82, 2.24) is 10.3 Å². The molecule has 0 radical (unpaired) electrons. The lowest BCUT2D eigenvalue weighted by molar-refractivity contribution is 0.0925. The van der Waals surface area contributed by atoms with Gasteiger partial charge in [-0.25, -0.2) is 18.2 Å². The van der Waals surface area contributed by atoms with Crippen LogP contribution in [0.1, 0.15) is 41.6 Å². The highest BCUT2D eigenvalue weighted by Gasteiger charge is 2.24. The van der Waals surface area contributed by atoms with E-state index in [2.05, 4.69) is 22.5 Å². The van der Waals surface area contributed by atoms with Crippen LogP contribution in [0.15, 0.2) is 42.5 Å². The van der Waals surface area contributed by atoms with E-state index in [1.54, 1.807) is 0 Å². The second kappa shape index (κ2) is 8.34. The quantitative estimate of drug-likeness (QED) is 0.584. The van der Waals surface area contributed by atoms with Crippen molar-refractivity contribution in [2.75, 3.05) is 5.32 Å². The van der Waals surface area contributed by atoms with Crippen LogP contribution in [-0.4, -0.2) is 23.0 Å². The minimum absolute atomic E-state index is 0.0991. The number of carbonyl (C=O) groups is 1. The average molecular weight is 413 g/mol. The lowest BCUT2D eigenvalue weighted by atomic mass is 9.91. The predicted molar refractivity (Wildman–Crippen MR) is 110 cm³/mol.